The molecule has 3 heterocycles. The molecule has 2 N–H and O–H groups in total. The third-order valence-electron chi connectivity index (χ3n) is 2.70. The average molecular weight is 331 g/mol. The lowest BCUT2D eigenvalue weighted by Gasteiger charge is -2.40. The van der Waals surface area contributed by atoms with E-state index < -0.39 is 5.92 Å². The van der Waals surface area contributed by atoms with Crippen LogP contribution in [0.1, 0.15) is 0 Å². The summed E-state index contributed by atoms with van der Waals surface area (Å²) in [6.07, 6.45) is 3.22. The van der Waals surface area contributed by atoms with Crippen molar-refractivity contribution in [2.45, 2.75) is 5.92 Å². The monoisotopic (exact) mass is 330 g/mol. The van der Waals surface area contributed by atoms with E-state index in [1.165, 1.54) is 9.58 Å². The van der Waals surface area contributed by atoms with Crippen LogP contribution >= 0.6 is 15.9 Å². The zero-order valence-electron chi connectivity index (χ0n) is 9.59. The molecular weight excluding hydrogens is 322 g/mol. The Morgan fingerprint density at radius 3 is 2.63 bits per heavy atom. The van der Waals surface area contributed by atoms with Gasteiger partial charge >= 0.3 is 0 Å². The molecule has 0 unspecified atom stereocenters. The second-order valence-electron chi connectivity index (χ2n) is 4.21. The minimum Gasteiger partial charge on any atom is -0.383 e. The summed E-state index contributed by atoms with van der Waals surface area (Å²) in [7, 11) is 0. The second kappa shape index (κ2) is 4.12. The van der Waals surface area contributed by atoms with Crippen molar-refractivity contribution in [2.75, 3.05) is 23.7 Å². The zero-order chi connectivity index (χ0) is 13.6. The molecule has 0 aliphatic carbocycles. The molecular formula is C10H9BrF2N6. The van der Waals surface area contributed by atoms with Crippen molar-refractivity contribution in [3.8, 4) is 5.95 Å². The number of nitrogens with two attached hydrogens (primary N) is 1. The molecule has 0 amide bonds. The van der Waals surface area contributed by atoms with E-state index in [9.17, 15) is 8.78 Å². The highest BCUT2D eigenvalue weighted by molar-refractivity contribution is 9.10. The predicted octanol–water partition coefficient (Wildman–Crippen LogP) is 1.46. The number of anilines is 2. The fourth-order valence-corrected chi connectivity index (χ4v) is 2.23. The first-order valence-corrected chi connectivity index (χ1v) is 6.21. The van der Waals surface area contributed by atoms with Crippen LogP contribution in [0.25, 0.3) is 5.95 Å². The van der Waals surface area contributed by atoms with Crippen molar-refractivity contribution in [1.82, 2.24) is 19.7 Å². The van der Waals surface area contributed by atoms with Crippen molar-refractivity contribution < 1.29 is 8.78 Å². The molecule has 0 bridgehead atoms. The van der Waals surface area contributed by atoms with Gasteiger partial charge in [0.15, 0.2) is 5.82 Å². The standard InChI is InChI=1S/C10H9BrF2N6/c11-6-7(14)16-9(19-3-1-2-15-19)17-8(6)18-4-10(12,13)5-18/h1-3H,4-5H2,(H2,14,16,17). The number of hydrogen-bond acceptors (Lipinski definition) is 5. The summed E-state index contributed by atoms with van der Waals surface area (Å²) in [5, 5.41) is 3.98. The molecule has 0 aromatic carbocycles. The molecule has 0 spiro atoms. The summed E-state index contributed by atoms with van der Waals surface area (Å²) in [4.78, 5) is 9.72. The molecule has 19 heavy (non-hydrogen) atoms. The molecule has 0 radical (unpaired) electrons. The first-order valence-electron chi connectivity index (χ1n) is 5.42. The predicted molar refractivity (Wildman–Crippen MR) is 68.4 cm³/mol. The molecule has 1 aliphatic heterocycles. The van der Waals surface area contributed by atoms with Crippen LogP contribution in [-0.2, 0) is 0 Å². The van der Waals surface area contributed by atoms with Crippen molar-refractivity contribution in [2.24, 2.45) is 0 Å². The van der Waals surface area contributed by atoms with Gasteiger partial charge in [0.2, 0.25) is 0 Å². The molecule has 3 rings (SSSR count). The van der Waals surface area contributed by atoms with E-state index in [4.69, 9.17) is 5.73 Å². The summed E-state index contributed by atoms with van der Waals surface area (Å²) < 4.78 is 27.7. The maximum atomic E-state index is 12.9. The Hall–Kier alpha value is -1.77. The molecule has 9 heteroatoms. The minimum atomic E-state index is -2.68. The molecule has 2 aromatic heterocycles. The molecule has 0 atom stereocenters. The molecule has 1 aliphatic rings. The van der Waals surface area contributed by atoms with Gasteiger partial charge < -0.3 is 10.6 Å². The highest BCUT2D eigenvalue weighted by Crippen LogP contribution is 2.36. The maximum absolute atomic E-state index is 12.9. The smallest absolute Gasteiger partial charge is 0.282 e. The third-order valence-corrected chi connectivity index (χ3v) is 3.46. The van der Waals surface area contributed by atoms with Crippen LogP contribution in [0.3, 0.4) is 0 Å². The number of rotatable bonds is 2. The summed E-state index contributed by atoms with van der Waals surface area (Å²) in [6.45, 7) is -0.749. The van der Waals surface area contributed by atoms with Crippen LogP contribution in [0.2, 0.25) is 0 Å². The Morgan fingerprint density at radius 1 is 1.32 bits per heavy atom. The molecule has 1 saturated heterocycles. The number of nitrogen functional groups attached to an aromatic ring is 1. The van der Waals surface area contributed by atoms with Gasteiger partial charge in [0.1, 0.15) is 10.3 Å². The Bertz CT molecular complexity index is 607. The number of hydrogen-bond donors (Lipinski definition) is 1. The summed E-state index contributed by atoms with van der Waals surface area (Å²) in [5.41, 5.74) is 5.76. The Kier molecular flexibility index (Phi) is 2.66. The molecule has 6 nitrogen and oxygen atoms in total. The Morgan fingerprint density at radius 2 is 2.05 bits per heavy atom. The Balaban J connectivity index is 2.00. The van der Waals surface area contributed by atoms with Crippen LogP contribution < -0.4 is 10.6 Å². The first-order chi connectivity index (χ1) is 8.96. The lowest BCUT2D eigenvalue weighted by atomic mass is 10.1. The topological polar surface area (TPSA) is 72.9 Å². The quantitative estimate of drug-likeness (QED) is 0.902. The van der Waals surface area contributed by atoms with Crippen molar-refractivity contribution in [1.29, 1.82) is 0 Å². The fraction of sp³-hybridized carbons (Fsp3) is 0.300. The zero-order valence-corrected chi connectivity index (χ0v) is 11.2. The largest absolute Gasteiger partial charge is 0.383 e. The Labute approximate surface area is 115 Å². The molecule has 1 fully saturated rings. The fourth-order valence-electron chi connectivity index (χ4n) is 1.80. The maximum Gasteiger partial charge on any atom is 0.282 e. The lowest BCUT2D eigenvalue weighted by molar-refractivity contribution is -0.0267. The van der Waals surface area contributed by atoms with E-state index in [0.717, 1.165) is 0 Å². The number of halogens is 3. The van der Waals surface area contributed by atoms with Crippen LogP contribution in [-0.4, -0.2) is 38.8 Å². The van der Waals surface area contributed by atoms with Crippen LogP contribution in [0.4, 0.5) is 20.4 Å². The van der Waals surface area contributed by atoms with E-state index in [-0.39, 0.29) is 24.9 Å². The van der Waals surface area contributed by atoms with Gasteiger partial charge in [-0.2, -0.15) is 15.1 Å². The van der Waals surface area contributed by atoms with Crippen LogP contribution in [0, 0.1) is 0 Å². The molecule has 0 saturated carbocycles. The van der Waals surface area contributed by atoms with Gasteiger partial charge in [-0.25, -0.2) is 13.5 Å². The van der Waals surface area contributed by atoms with E-state index in [2.05, 4.69) is 31.0 Å². The summed E-state index contributed by atoms with van der Waals surface area (Å²) in [6, 6.07) is 1.71. The third kappa shape index (κ3) is 2.14. The van der Waals surface area contributed by atoms with Gasteiger partial charge in [-0.1, -0.05) is 0 Å². The van der Waals surface area contributed by atoms with Crippen molar-refractivity contribution in [3.05, 3.63) is 22.9 Å². The van der Waals surface area contributed by atoms with Crippen LogP contribution in [0.15, 0.2) is 22.9 Å². The van der Waals surface area contributed by atoms with Gasteiger partial charge in [0.25, 0.3) is 11.9 Å². The molecule has 100 valence electrons. The number of aromatic nitrogens is 4. The number of alkyl halides is 2. The molecule has 2 aromatic rings. The lowest BCUT2D eigenvalue weighted by Crippen LogP contribution is -2.56. The van der Waals surface area contributed by atoms with Crippen LogP contribution in [0.5, 0.6) is 0 Å². The highest BCUT2D eigenvalue weighted by atomic mass is 79.9. The summed E-state index contributed by atoms with van der Waals surface area (Å²) in [5.74, 6) is -1.89. The second-order valence-corrected chi connectivity index (χ2v) is 5.00. The minimum absolute atomic E-state index is 0.186. The van der Waals surface area contributed by atoms with E-state index in [1.807, 2.05) is 0 Å². The van der Waals surface area contributed by atoms with E-state index >= 15 is 0 Å². The van der Waals surface area contributed by atoms with Gasteiger partial charge in [0.05, 0.1) is 13.1 Å². The normalized spacial score (nSPS) is 17.3. The van der Waals surface area contributed by atoms with Crippen molar-refractivity contribution in [3.63, 3.8) is 0 Å². The number of nitrogens with zero attached hydrogens (tertiary/aromatic N) is 5. The highest BCUT2D eigenvalue weighted by Gasteiger charge is 2.45. The first kappa shape index (κ1) is 12.3. The van der Waals surface area contributed by atoms with Gasteiger partial charge in [-0.15, -0.1) is 0 Å². The van der Waals surface area contributed by atoms with Gasteiger partial charge in [0, 0.05) is 12.4 Å². The van der Waals surface area contributed by atoms with E-state index in [0.29, 0.717) is 10.3 Å². The average Bonchev–Trinajstić information content (AvgIpc) is 2.83. The SMILES string of the molecule is Nc1nc(-n2cccn2)nc(N2CC(F)(F)C2)c1Br. The van der Waals surface area contributed by atoms with Gasteiger partial charge in [-0.05, 0) is 22.0 Å². The van der Waals surface area contributed by atoms with Gasteiger partial charge in [-0.3, -0.25) is 0 Å². The summed E-state index contributed by atoms with van der Waals surface area (Å²) >= 11 is 3.22. The van der Waals surface area contributed by atoms with Crippen molar-refractivity contribution >= 4 is 27.6 Å². The van der Waals surface area contributed by atoms with E-state index in [1.54, 1.807) is 18.5 Å².